The average molecular weight is 446 g/mol. The fourth-order valence-corrected chi connectivity index (χ4v) is 2.52. The number of nitrogens with two attached hydrogens (primary N) is 2. The van der Waals surface area contributed by atoms with Gasteiger partial charge in [0.1, 0.15) is 23.5 Å². The third-order valence-corrected chi connectivity index (χ3v) is 4.13. The van der Waals surface area contributed by atoms with Crippen molar-refractivity contribution in [2.24, 2.45) is 11.5 Å². The number of nitrogens with zero attached hydrogens (tertiary/aromatic N) is 3. The lowest BCUT2D eigenvalue weighted by Crippen LogP contribution is -2.30. The highest BCUT2D eigenvalue weighted by molar-refractivity contribution is 5.92. The van der Waals surface area contributed by atoms with Gasteiger partial charge in [-0.2, -0.15) is 13.2 Å². The molecule has 166 valence electrons. The first-order chi connectivity index (χ1) is 15.2. The van der Waals surface area contributed by atoms with E-state index in [-0.39, 0.29) is 29.8 Å². The minimum Gasteiger partial charge on any atom is -0.439 e. The van der Waals surface area contributed by atoms with Crippen LogP contribution in [-0.2, 0) is 11.0 Å². The Bertz CT molecular complexity index is 1110. The number of carbonyl (C=O) groups excluding carboxylic acids is 2. The van der Waals surface area contributed by atoms with Gasteiger partial charge >= 0.3 is 6.18 Å². The van der Waals surface area contributed by atoms with Gasteiger partial charge in [0.05, 0.1) is 11.6 Å². The maximum Gasteiger partial charge on any atom is 0.417 e. The van der Waals surface area contributed by atoms with Crippen LogP contribution < -0.4 is 21.5 Å². The average Bonchev–Trinajstić information content (AvgIpc) is 2.77. The Labute approximate surface area is 179 Å². The number of primary amides is 1. The van der Waals surface area contributed by atoms with Crippen molar-refractivity contribution in [1.29, 1.82) is 0 Å². The van der Waals surface area contributed by atoms with Gasteiger partial charge in [-0.05, 0) is 30.3 Å². The molecule has 0 saturated heterocycles. The molecule has 0 bridgehead atoms. The number of benzene rings is 1. The van der Waals surface area contributed by atoms with Crippen LogP contribution in [0.5, 0.6) is 11.6 Å². The molecular formula is C20H17F3N6O3. The van der Waals surface area contributed by atoms with Crippen molar-refractivity contribution in [3.8, 4) is 23.0 Å². The van der Waals surface area contributed by atoms with Crippen molar-refractivity contribution >= 4 is 18.0 Å². The summed E-state index contributed by atoms with van der Waals surface area (Å²) < 4.78 is 43.3. The molecule has 0 radical (unpaired) electrons. The van der Waals surface area contributed by atoms with E-state index in [4.69, 9.17) is 16.2 Å². The zero-order chi connectivity index (χ0) is 23.3. The summed E-state index contributed by atoms with van der Waals surface area (Å²) in [6.45, 7) is 0.0127. The second-order valence-corrected chi connectivity index (χ2v) is 6.46. The molecule has 0 spiro atoms. The normalized spacial score (nSPS) is 12.1. The fraction of sp³-hybridized carbons (Fsp3) is 0.150. The number of aromatic nitrogens is 3. The summed E-state index contributed by atoms with van der Waals surface area (Å²) in [4.78, 5) is 34.6. The minimum absolute atomic E-state index is 0.0127. The first-order valence-corrected chi connectivity index (χ1v) is 9.12. The lowest BCUT2D eigenvalue weighted by atomic mass is 10.2. The number of hydrogen-bond donors (Lipinski definition) is 3. The van der Waals surface area contributed by atoms with Gasteiger partial charge in [-0.1, -0.05) is 0 Å². The van der Waals surface area contributed by atoms with E-state index in [2.05, 4.69) is 20.3 Å². The Morgan fingerprint density at radius 2 is 1.88 bits per heavy atom. The number of anilines is 1. The summed E-state index contributed by atoms with van der Waals surface area (Å²) in [5.41, 5.74) is 10.3. The molecule has 1 unspecified atom stereocenters. The maximum atomic E-state index is 12.6. The van der Waals surface area contributed by atoms with Crippen LogP contribution >= 0.6 is 0 Å². The number of amides is 1. The van der Waals surface area contributed by atoms with Crippen LogP contribution in [0.15, 0.2) is 48.7 Å². The van der Waals surface area contributed by atoms with Crippen LogP contribution in [0.3, 0.4) is 0 Å². The molecule has 3 rings (SSSR count). The summed E-state index contributed by atoms with van der Waals surface area (Å²) in [6.07, 6.45) is -3.21. The van der Waals surface area contributed by atoms with E-state index in [9.17, 15) is 22.8 Å². The third-order valence-electron chi connectivity index (χ3n) is 4.13. The van der Waals surface area contributed by atoms with E-state index in [0.29, 0.717) is 23.8 Å². The topological polar surface area (TPSA) is 146 Å². The molecule has 32 heavy (non-hydrogen) atoms. The van der Waals surface area contributed by atoms with Gasteiger partial charge in [0.25, 0.3) is 5.91 Å². The zero-order valence-corrected chi connectivity index (χ0v) is 16.3. The molecule has 3 aromatic rings. The number of aldehydes is 1. The monoisotopic (exact) mass is 446 g/mol. The molecule has 2 heterocycles. The summed E-state index contributed by atoms with van der Waals surface area (Å²) >= 11 is 0. The van der Waals surface area contributed by atoms with E-state index in [1.807, 2.05) is 0 Å². The SMILES string of the molecule is NCC(C=O)Nc1cc(C(N)=O)nc(-c2ccc(Oc3ccc(C(F)(F)F)cn3)cc2)n1. The molecule has 0 aliphatic rings. The van der Waals surface area contributed by atoms with E-state index in [1.54, 1.807) is 12.1 Å². The van der Waals surface area contributed by atoms with Crippen LogP contribution in [0, 0.1) is 0 Å². The Kier molecular flexibility index (Phi) is 6.64. The highest BCUT2D eigenvalue weighted by Crippen LogP contribution is 2.30. The van der Waals surface area contributed by atoms with Crippen LogP contribution in [-0.4, -0.2) is 39.7 Å². The van der Waals surface area contributed by atoms with Crippen molar-refractivity contribution in [3.05, 3.63) is 59.9 Å². The third kappa shape index (κ3) is 5.55. The Hall–Kier alpha value is -4.06. The molecule has 0 fully saturated rings. The van der Waals surface area contributed by atoms with Gasteiger partial charge in [-0.15, -0.1) is 0 Å². The summed E-state index contributed by atoms with van der Waals surface area (Å²) in [6, 6.07) is 8.74. The Morgan fingerprint density at radius 1 is 1.16 bits per heavy atom. The standard InChI is InChI=1S/C20H17F3N6O3/c21-20(22,23)12-3-6-17(26-9-12)32-14-4-1-11(2-5-14)19-28-15(18(25)31)7-16(29-19)27-13(8-24)10-30/h1-7,9-10,13H,8,24H2,(H2,25,31)(H,27,28,29). The molecular weight excluding hydrogens is 429 g/mol. The smallest absolute Gasteiger partial charge is 0.417 e. The van der Waals surface area contributed by atoms with Crippen LogP contribution in [0.1, 0.15) is 16.1 Å². The van der Waals surface area contributed by atoms with Gasteiger partial charge in [0.2, 0.25) is 5.88 Å². The summed E-state index contributed by atoms with van der Waals surface area (Å²) in [7, 11) is 0. The van der Waals surface area contributed by atoms with E-state index < -0.39 is 23.7 Å². The number of halogens is 3. The highest BCUT2D eigenvalue weighted by Gasteiger charge is 2.30. The molecule has 1 atom stereocenters. The predicted octanol–water partition coefficient (Wildman–Crippen LogP) is 2.39. The quantitative estimate of drug-likeness (QED) is 0.447. The first kappa shape index (κ1) is 22.6. The van der Waals surface area contributed by atoms with Crippen LogP contribution in [0.2, 0.25) is 0 Å². The number of pyridine rings is 1. The van der Waals surface area contributed by atoms with Crippen molar-refractivity contribution in [1.82, 2.24) is 15.0 Å². The molecule has 0 saturated carbocycles. The van der Waals surface area contributed by atoms with Crippen molar-refractivity contribution in [2.75, 3.05) is 11.9 Å². The molecule has 5 N–H and O–H groups in total. The van der Waals surface area contributed by atoms with Gasteiger partial charge in [0.15, 0.2) is 5.82 Å². The molecule has 2 aromatic heterocycles. The Morgan fingerprint density at radius 3 is 2.41 bits per heavy atom. The number of rotatable bonds is 8. The molecule has 1 amide bonds. The lowest BCUT2D eigenvalue weighted by molar-refractivity contribution is -0.137. The maximum absolute atomic E-state index is 12.6. The van der Waals surface area contributed by atoms with Gasteiger partial charge < -0.3 is 26.3 Å². The number of hydrogen-bond acceptors (Lipinski definition) is 8. The molecule has 12 heteroatoms. The largest absolute Gasteiger partial charge is 0.439 e. The van der Waals surface area contributed by atoms with E-state index in [1.165, 1.54) is 18.2 Å². The predicted molar refractivity (Wildman–Crippen MR) is 108 cm³/mol. The van der Waals surface area contributed by atoms with E-state index in [0.717, 1.165) is 12.1 Å². The van der Waals surface area contributed by atoms with Crippen molar-refractivity contribution in [3.63, 3.8) is 0 Å². The van der Waals surface area contributed by atoms with Crippen LogP contribution in [0.25, 0.3) is 11.4 Å². The molecule has 0 aliphatic heterocycles. The van der Waals surface area contributed by atoms with Gasteiger partial charge in [0, 0.05) is 30.4 Å². The summed E-state index contributed by atoms with van der Waals surface area (Å²) in [5, 5.41) is 2.78. The summed E-state index contributed by atoms with van der Waals surface area (Å²) in [5.74, 6) is -0.189. The number of alkyl halides is 3. The minimum atomic E-state index is -4.49. The Balaban J connectivity index is 1.82. The number of carbonyl (C=O) groups is 2. The second kappa shape index (κ2) is 9.39. The zero-order valence-electron chi connectivity index (χ0n) is 16.3. The second-order valence-electron chi connectivity index (χ2n) is 6.46. The first-order valence-electron chi connectivity index (χ1n) is 9.12. The van der Waals surface area contributed by atoms with Gasteiger partial charge in [-0.3, -0.25) is 4.79 Å². The van der Waals surface area contributed by atoms with E-state index >= 15 is 0 Å². The van der Waals surface area contributed by atoms with Gasteiger partial charge in [-0.25, -0.2) is 15.0 Å². The highest BCUT2D eigenvalue weighted by atomic mass is 19.4. The van der Waals surface area contributed by atoms with Crippen molar-refractivity contribution in [2.45, 2.75) is 12.2 Å². The van der Waals surface area contributed by atoms with Crippen molar-refractivity contribution < 1.29 is 27.5 Å². The number of ether oxygens (including phenoxy) is 1. The molecule has 0 aliphatic carbocycles. The molecule has 9 nitrogen and oxygen atoms in total. The lowest BCUT2D eigenvalue weighted by Gasteiger charge is -2.13. The number of nitrogens with one attached hydrogen (secondary N) is 1. The fourth-order valence-electron chi connectivity index (χ4n) is 2.52. The molecule has 1 aromatic carbocycles. The van der Waals surface area contributed by atoms with Crippen LogP contribution in [0.4, 0.5) is 19.0 Å².